The third-order valence-electron chi connectivity index (χ3n) is 4.21. The summed E-state index contributed by atoms with van der Waals surface area (Å²) < 4.78 is 10.8. The second-order valence-corrected chi connectivity index (χ2v) is 8.09. The number of nitro benzene ring substituents is 1. The Hall–Kier alpha value is -3.18. The van der Waals surface area contributed by atoms with Gasteiger partial charge >= 0.3 is 11.7 Å². The van der Waals surface area contributed by atoms with E-state index in [9.17, 15) is 24.5 Å². The lowest BCUT2D eigenvalue weighted by atomic mass is 10.1. The van der Waals surface area contributed by atoms with E-state index in [4.69, 9.17) is 9.47 Å². The zero-order valence-electron chi connectivity index (χ0n) is 16.3. The van der Waals surface area contributed by atoms with Gasteiger partial charge in [-0.05, 0) is 41.6 Å². The molecule has 3 rings (SSSR count). The van der Waals surface area contributed by atoms with Crippen molar-refractivity contribution in [3.8, 4) is 11.5 Å². The van der Waals surface area contributed by atoms with E-state index in [0.29, 0.717) is 0 Å². The predicted octanol–water partition coefficient (Wildman–Crippen LogP) is 4.53. The minimum atomic E-state index is -0.743. The average molecular weight is 507 g/mol. The number of imide groups is 1. The van der Waals surface area contributed by atoms with Gasteiger partial charge in [0, 0.05) is 17.0 Å². The molecule has 31 heavy (non-hydrogen) atoms. The van der Waals surface area contributed by atoms with Crippen LogP contribution in [0.2, 0.25) is 0 Å². The Morgan fingerprint density at radius 3 is 2.58 bits per heavy atom. The van der Waals surface area contributed by atoms with Crippen LogP contribution in [0.4, 0.5) is 10.5 Å². The first-order valence-corrected chi connectivity index (χ1v) is 10.4. The smallest absolute Gasteiger partial charge is 0.353 e. The number of hydrogen-bond acceptors (Lipinski definition) is 8. The first-order valence-electron chi connectivity index (χ1n) is 8.75. The highest BCUT2D eigenvalue weighted by Gasteiger charge is 2.36. The Balaban J connectivity index is 1.98. The van der Waals surface area contributed by atoms with E-state index in [0.717, 1.165) is 33.6 Å². The number of nitro groups is 1. The molecule has 0 aromatic heterocycles. The van der Waals surface area contributed by atoms with Crippen LogP contribution in [-0.2, 0) is 16.1 Å². The summed E-state index contributed by atoms with van der Waals surface area (Å²) in [5.74, 6) is -1.74. The monoisotopic (exact) mass is 506 g/mol. The number of hydrogen-bond donors (Lipinski definition) is 0. The molecular formula is C20H15BrN2O7S. The molecule has 1 aliphatic heterocycles. The van der Waals surface area contributed by atoms with E-state index < -0.39 is 27.7 Å². The Kier molecular flexibility index (Phi) is 6.76. The number of methoxy groups -OCH3 is 1. The summed E-state index contributed by atoms with van der Waals surface area (Å²) in [6.45, 7) is 1.19. The van der Waals surface area contributed by atoms with Crippen molar-refractivity contribution in [1.29, 1.82) is 0 Å². The fraction of sp³-hybridized carbons (Fsp3) is 0.150. The predicted molar refractivity (Wildman–Crippen MR) is 117 cm³/mol. The molecule has 0 atom stereocenters. The van der Waals surface area contributed by atoms with Crippen LogP contribution in [0.3, 0.4) is 0 Å². The van der Waals surface area contributed by atoms with Gasteiger partial charge in [0.25, 0.3) is 11.1 Å². The topological polar surface area (TPSA) is 116 Å². The van der Waals surface area contributed by atoms with Gasteiger partial charge in [-0.3, -0.25) is 29.4 Å². The van der Waals surface area contributed by atoms with Gasteiger partial charge in [0.1, 0.15) is 0 Å². The van der Waals surface area contributed by atoms with Gasteiger partial charge in [0.2, 0.25) is 11.5 Å². The molecule has 9 nitrogen and oxygen atoms in total. The van der Waals surface area contributed by atoms with Crippen molar-refractivity contribution >= 4 is 56.6 Å². The molecule has 2 aromatic carbocycles. The van der Waals surface area contributed by atoms with Crippen LogP contribution >= 0.6 is 27.7 Å². The standard InChI is InChI=1S/C20H15BrN2O7S/c1-11(24)30-15-8-7-12(18(29-2)17(15)23(27)28)9-16-19(25)22(20(26)31-16)10-13-5-3-4-6-14(13)21/h3-9H,10H2,1-2H3/b16-9-. The molecule has 2 aromatic rings. The highest BCUT2D eigenvalue weighted by Crippen LogP contribution is 2.42. The SMILES string of the molecule is COc1c(/C=C2\SC(=O)N(Cc3ccccc3Br)C2=O)ccc(OC(C)=O)c1[N+](=O)[O-]. The lowest BCUT2D eigenvalue weighted by Crippen LogP contribution is -2.27. The third kappa shape index (κ3) is 4.78. The normalized spacial score (nSPS) is 14.8. The first kappa shape index (κ1) is 22.5. The van der Waals surface area contributed by atoms with Gasteiger partial charge in [0.05, 0.1) is 23.5 Å². The van der Waals surface area contributed by atoms with Gasteiger partial charge in [-0.25, -0.2) is 0 Å². The summed E-state index contributed by atoms with van der Waals surface area (Å²) in [5, 5.41) is 11.1. The first-order chi connectivity index (χ1) is 14.7. The molecule has 0 saturated carbocycles. The minimum Gasteiger partial charge on any atom is -0.490 e. The summed E-state index contributed by atoms with van der Waals surface area (Å²) >= 11 is 4.11. The van der Waals surface area contributed by atoms with Crippen LogP contribution in [0.5, 0.6) is 11.5 Å². The molecule has 1 heterocycles. The van der Waals surface area contributed by atoms with Crippen molar-refractivity contribution in [3.05, 3.63) is 67.0 Å². The fourth-order valence-corrected chi connectivity index (χ4v) is 4.12. The molecule has 0 radical (unpaired) electrons. The van der Waals surface area contributed by atoms with Crippen molar-refractivity contribution in [2.75, 3.05) is 7.11 Å². The van der Waals surface area contributed by atoms with Crippen LogP contribution in [0.15, 0.2) is 45.8 Å². The number of thioether (sulfide) groups is 1. The molecule has 0 aliphatic carbocycles. The lowest BCUT2D eigenvalue weighted by molar-refractivity contribution is -0.386. The zero-order valence-corrected chi connectivity index (χ0v) is 18.7. The number of esters is 1. The van der Waals surface area contributed by atoms with Crippen LogP contribution < -0.4 is 9.47 Å². The van der Waals surface area contributed by atoms with Crippen molar-refractivity contribution in [2.24, 2.45) is 0 Å². The van der Waals surface area contributed by atoms with Gasteiger partial charge < -0.3 is 9.47 Å². The molecular weight excluding hydrogens is 492 g/mol. The summed E-state index contributed by atoms with van der Waals surface area (Å²) in [5.41, 5.74) is 0.389. The van der Waals surface area contributed by atoms with Gasteiger partial charge in [-0.1, -0.05) is 34.1 Å². The van der Waals surface area contributed by atoms with Crippen LogP contribution in [0.25, 0.3) is 6.08 Å². The van der Waals surface area contributed by atoms with Crippen LogP contribution in [0, 0.1) is 10.1 Å². The van der Waals surface area contributed by atoms with Crippen molar-refractivity contribution in [2.45, 2.75) is 13.5 Å². The summed E-state index contributed by atoms with van der Waals surface area (Å²) in [4.78, 5) is 48.5. The summed E-state index contributed by atoms with van der Waals surface area (Å²) in [6.07, 6.45) is 1.34. The molecule has 0 unspecified atom stereocenters. The number of ether oxygens (including phenoxy) is 2. The quantitative estimate of drug-likeness (QED) is 0.184. The molecule has 1 fully saturated rings. The van der Waals surface area contributed by atoms with Gasteiger partial charge in [0.15, 0.2) is 0 Å². The highest BCUT2D eigenvalue weighted by molar-refractivity contribution is 9.10. The zero-order chi connectivity index (χ0) is 22.7. The largest absolute Gasteiger partial charge is 0.490 e. The maximum absolute atomic E-state index is 12.8. The lowest BCUT2D eigenvalue weighted by Gasteiger charge is -2.13. The van der Waals surface area contributed by atoms with Gasteiger partial charge in [-0.2, -0.15) is 0 Å². The molecule has 160 valence electrons. The molecule has 0 spiro atoms. The molecule has 1 saturated heterocycles. The Morgan fingerprint density at radius 1 is 1.26 bits per heavy atom. The van der Waals surface area contributed by atoms with Gasteiger partial charge in [-0.15, -0.1) is 0 Å². The highest BCUT2D eigenvalue weighted by atomic mass is 79.9. The number of carbonyl (C=O) groups is 3. The molecule has 1 aliphatic rings. The van der Waals surface area contributed by atoms with E-state index in [1.807, 2.05) is 6.07 Å². The third-order valence-corrected chi connectivity index (χ3v) is 5.89. The minimum absolute atomic E-state index is 0.0755. The van der Waals surface area contributed by atoms with E-state index in [1.165, 1.54) is 25.3 Å². The van der Waals surface area contributed by atoms with Crippen LogP contribution in [-0.4, -0.2) is 34.0 Å². The molecule has 0 bridgehead atoms. The summed E-state index contributed by atoms with van der Waals surface area (Å²) in [6, 6.07) is 9.85. The number of amides is 2. The number of rotatable bonds is 6. The Labute approximate surface area is 189 Å². The van der Waals surface area contributed by atoms with Crippen molar-refractivity contribution in [1.82, 2.24) is 4.90 Å². The Morgan fingerprint density at radius 2 is 1.97 bits per heavy atom. The molecule has 2 amide bonds. The van der Waals surface area contributed by atoms with E-state index in [2.05, 4.69) is 15.9 Å². The Bertz CT molecular complexity index is 1130. The molecule has 11 heteroatoms. The van der Waals surface area contributed by atoms with Crippen molar-refractivity contribution in [3.63, 3.8) is 0 Å². The van der Waals surface area contributed by atoms with Crippen LogP contribution in [0.1, 0.15) is 18.1 Å². The number of benzene rings is 2. The van der Waals surface area contributed by atoms with Crippen molar-refractivity contribution < 1.29 is 28.8 Å². The van der Waals surface area contributed by atoms with E-state index >= 15 is 0 Å². The number of carbonyl (C=O) groups excluding carboxylic acids is 3. The average Bonchev–Trinajstić information content (AvgIpc) is 2.97. The fourth-order valence-electron chi connectivity index (χ4n) is 2.88. The molecule has 0 N–H and O–H groups in total. The number of halogens is 1. The second kappa shape index (κ2) is 9.31. The van der Waals surface area contributed by atoms with E-state index in [1.54, 1.807) is 18.2 Å². The maximum atomic E-state index is 12.8. The maximum Gasteiger partial charge on any atom is 0.353 e. The second-order valence-electron chi connectivity index (χ2n) is 6.24. The summed E-state index contributed by atoms with van der Waals surface area (Å²) in [7, 11) is 1.22. The number of nitrogens with zero attached hydrogens (tertiary/aromatic N) is 2. The van der Waals surface area contributed by atoms with E-state index in [-0.39, 0.29) is 28.5 Å².